The highest BCUT2D eigenvalue weighted by atomic mass is 35.5. The molecule has 2 aromatic rings. The van der Waals surface area contributed by atoms with E-state index in [1.807, 2.05) is 30.3 Å². The summed E-state index contributed by atoms with van der Waals surface area (Å²) in [5, 5.41) is 0.432. The van der Waals surface area contributed by atoms with Crippen LogP contribution in [-0.4, -0.2) is 64.5 Å². The second kappa shape index (κ2) is 13.4. The lowest BCUT2D eigenvalue weighted by atomic mass is 9.73. The second-order valence-electron chi connectivity index (χ2n) is 9.15. The van der Waals surface area contributed by atoms with Crippen molar-refractivity contribution in [1.29, 1.82) is 0 Å². The molecule has 4 rings (SSSR count). The number of hydrogen-bond acceptors (Lipinski definition) is 9. The van der Waals surface area contributed by atoms with Crippen LogP contribution in [0.25, 0.3) is 0 Å². The van der Waals surface area contributed by atoms with E-state index in [2.05, 4.69) is 0 Å². The summed E-state index contributed by atoms with van der Waals surface area (Å²) >= 11 is 13.3. The summed E-state index contributed by atoms with van der Waals surface area (Å²) in [7, 11) is 3.68. The van der Waals surface area contributed by atoms with Gasteiger partial charge in [0.2, 0.25) is 0 Å². The molecule has 2 aliphatic heterocycles. The lowest BCUT2D eigenvalue weighted by Crippen LogP contribution is -2.39. The third-order valence-corrected chi connectivity index (χ3v) is 7.59. The van der Waals surface area contributed by atoms with Crippen LogP contribution in [0.1, 0.15) is 35.8 Å². The predicted octanol–water partition coefficient (Wildman–Crippen LogP) is 4.86. The standard InChI is InChI=1S/C29H29Cl2NO8/c1-36-22(33)15-21-25(28(35)38-3)26(23-18(30)10-7-11-19(23)31)24(27(34)37-2)20(32-21)14-17(29-39-12-13-40-29)16-8-5-4-6-9-16/h4-11,17,25-26,29H,12-15H2,1-3H3. The van der Waals surface area contributed by atoms with Crippen molar-refractivity contribution in [2.75, 3.05) is 34.5 Å². The zero-order valence-electron chi connectivity index (χ0n) is 22.2. The minimum Gasteiger partial charge on any atom is -0.469 e. The van der Waals surface area contributed by atoms with Crippen LogP contribution in [0.3, 0.4) is 0 Å². The number of esters is 3. The number of carbonyl (C=O) groups is 3. The molecule has 2 aromatic carbocycles. The number of benzene rings is 2. The Balaban J connectivity index is 1.99. The molecule has 0 radical (unpaired) electrons. The van der Waals surface area contributed by atoms with Crippen molar-refractivity contribution in [3.05, 3.63) is 81.0 Å². The highest BCUT2D eigenvalue weighted by Crippen LogP contribution is 2.47. The molecule has 3 atom stereocenters. The molecule has 0 amide bonds. The van der Waals surface area contributed by atoms with Crippen LogP contribution in [0, 0.1) is 5.92 Å². The van der Waals surface area contributed by atoms with Crippen LogP contribution in [0.15, 0.2) is 64.8 Å². The highest BCUT2D eigenvalue weighted by molar-refractivity contribution is 6.36. The van der Waals surface area contributed by atoms with Gasteiger partial charge in [0.15, 0.2) is 6.29 Å². The normalized spacial score (nSPS) is 20.1. The van der Waals surface area contributed by atoms with Crippen LogP contribution in [-0.2, 0) is 38.1 Å². The maximum absolute atomic E-state index is 13.5. The molecule has 0 bridgehead atoms. The van der Waals surface area contributed by atoms with Gasteiger partial charge in [0, 0.05) is 34.0 Å². The second-order valence-corrected chi connectivity index (χ2v) is 9.97. The fourth-order valence-corrected chi connectivity index (χ4v) is 5.76. The van der Waals surface area contributed by atoms with E-state index in [9.17, 15) is 14.4 Å². The molecule has 3 unspecified atom stereocenters. The lowest BCUT2D eigenvalue weighted by molar-refractivity contribution is -0.143. The van der Waals surface area contributed by atoms with Crippen LogP contribution >= 0.6 is 23.2 Å². The first-order valence-electron chi connectivity index (χ1n) is 12.6. The first-order chi connectivity index (χ1) is 19.3. The van der Waals surface area contributed by atoms with Crippen LogP contribution in [0.2, 0.25) is 10.0 Å². The van der Waals surface area contributed by atoms with Gasteiger partial charge in [-0.15, -0.1) is 0 Å². The predicted molar refractivity (Wildman–Crippen MR) is 147 cm³/mol. The Kier molecular flexibility index (Phi) is 9.97. The van der Waals surface area contributed by atoms with Gasteiger partial charge in [0.05, 0.1) is 52.2 Å². The van der Waals surface area contributed by atoms with Gasteiger partial charge in [-0.2, -0.15) is 0 Å². The number of rotatable bonds is 9. The third-order valence-electron chi connectivity index (χ3n) is 6.93. The van der Waals surface area contributed by atoms with Crippen LogP contribution < -0.4 is 0 Å². The molecule has 40 heavy (non-hydrogen) atoms. The van der Waals surface area contributed by atoms with E-state index in [4.69, 9.17) is 51.9 Å². The molecule has 0 spiro atoms. The first-order valence-corrected chi connectivity index (χ1v) is 13.3. The quantitative estimate of drug-likeness (QED) is 0.301. The van der Waals surface area contributed by atoms with E-state index in [0.29, 0.717) is 18.8 Å². The van der Waals surface area contributed by atoms with Gasteiger partial charge < -0.3 is 23.7 Å². The summed E-state index contributed by atoms with van der Waals surface area (Å²) in [6, 6.07) is 14.4. The van der Waals surface area contributed by atoms with Crippen molar-refractivity contribution in [3.8, 4) is 0 Å². The molecule has 11 heteroatoms. The average Bonchev–Trinajstić information content (AvgIpc) is 3.50. The summed E-state index contributed by atoms with van der Waals surface area (Å²) in [4.78, 5) is 44.1. The molecule has 0 N–H and O–H groups in total. The molecule has 9 nitrogen and oxygen atoms in total. The van der Waals surface area contributed by atoms with Crippen molar-refractivity contribution < 1.29 is 38.1 Å². The number of halogens is 2. The van der Waals surface area contributed by atoms with Crippen molar-refractivity contribution in [2.24, 2.45) is 10.9 Å². The molecule has 0 aliphatic carbocycles. The number of aliphatic imine (C=N–C) groups is 1. The molecule has 1 fully saturated rings. The average molecular weight is 590 g/mol. The van der Waals surface area contributed by atoms with Crippen molar-refractivity contribution >= 4 is 46.8 Å². The number of methoxy groups -OCH3 is 3. The molecule has 212 valence electrons. The summed E-state index contributed by atoms with van der Waals surface area (Å²) in [6.07, 6.45) is -0.802. The van der Waals surface area contributed by atoms with E-state index < -0.39 is 42.0 Å². The fraction of sp³-hybridized carbons (Fsp3) is 0.379. The molecule has 2 aliphatic rings. The highest BCUT2D eigenvalue weighted by Gasteiger charge is 2.47. The number of hydrogen-bond donors (Lipinski definition) is 0. The molecule has 1 saturated heterocycles. The van der Waals surface area contributed by atoms with Gasteiger partial charge in [-0.25, -0.2) is 4.79 Å². The van der Waals surface area contributed by atoms with Gasteiger partial charge >= 0.3 is 17.9 Å². The Morgan fingerprint density at radius 2 is 1.57 bits per heavy atom. The van der Waals surface area contributed by atoms with E-state index in [-0.39, 0.29) is 39.9 Å². The van der Waals surface area contributed by atoms with E-state index in [0.717, 1.165) is 5.56 Å². The van der Waals surface area contributed by atoms with E-state index in [1.165, 1.54) is 21.3 Å². The Morgan fingerprint density at radius 1 is 0.925 bits per heavy atom. The Bertz CT molecular complexity index is 1300. The van der Waals surface area contributed by atoms with Gasteiger partial charge in [-0.3, -0.25) is 14.6 Å². The van der Waals surface area contributed by atoms with Crippen molar-refractivity contribution in [2.45, 2.75) is 31.0 Å². The fourth-order valence-electron chi connectivity index (χ4n) is 5.13. The third kappa shape index (κ3) is 6.23. The lowest BCUT2D eigenvalue weighted by Gasteiger charge is -2.34. The van der Waals surface area contributed by atoms with E-state index in [1.54, 1.807) is 18.2 Å². The van der Waals surface area contributed by atoms with Crippen LogP contribution in [0.4, 0.5) is 0 Å². The number of carbonyl (C=O) groups excluding carboxylic acids is 3. The smallest absolute Gasteiger partial charge is 0.336 e. The summed E-state index contributed by atoms with van der Waals surface area (Å²) in [6.45, 7) is 0.825. The molecular weight excluding hydrogens is 561 g/mol. The number of nitrogens with zero attached hydrogens (tertiary/aromatic N) is 1. The SMILES string of the molecule is COC(=O)CC1=NC(CC(c2ccccc2)C2OCCO2)=C(C(=O)OC)C(c2c(Cl)cccc2Cl)C1C(=O)OC. The molecule has 0 aromatic heterocycles. The maximum atomic E-state index is 13.5. The van der Waals surface area contributed by atoms with Gasteiger partial charge in [-0.1, -0.05) is 59.6 Å². The van der Waals surface area contributed by atoms with Gasteiger partial charge in [0.25, 0.3) is 0 Å². The first kappa shape index (κ1) is 29.7. The van der Waals surface area contributed by atoms with Crippen LogP contribution in [0.5, 0.6) is 0 Å². The Hall–Kier alpha value is -3.24. The molecule has 0 saturated carbocycles. The number of ether oxygens (including phenoxy) is 5. The molecular formula is C29H29Cl2NO8. The van der Waals surface area contributed by atoms with Crippen molar-refractivity contribution in [3.63, 3.8) is 0 Å². The topological polar surface area (TPSA) is 110 Å². The zero-order chi connectivity index (χ0) is 28.8. The maximum Gasteiger partial charge on any atom is 0.336 e. The summed E-state index contributed by atoms with van der Waals surface area (Å²) in [5.74, 6) is -4.77. The Morgan fingerprint density at radius 3 is 2.15 bits per heavy atom. The summed E-state index contributed by atoms with van der Waals surface area (Å²) in [5.41, 5.74) is 1.68. The largest absolute Gasteiger partial charge is 0.469 e. The summed E-state index contributed by atoms with van der Waals surface area (Å²) < 4.78 is 27.0. The van der Waals surface area contributed by atoms with Gasteiger partial charge in [0.1, 0.15) is 5.92 Å². The Labute approximate surface area is 242 Å². The number of allylic oxidation sites excluding steroid dienone is 1. The minimum absolute atomic E-state index is 0.0699. The zero-order valence-corrected chi connectivity index (χ0v) is 23.7. The van der Waals surface area contributed by atoms with Crippen molar-refractivity contribution in [1.82, 2.24) is 0 Å². The monoisotopic (exact) mass is 589 g/mol. The minimum atomic E-state index is -1.21. The van der Waals surface area contributed by atoms with E-state index >= 15 is 0 Å². The van der Waals surface area contributed by atoms with Gasteiger partial charge in [-0.05, 0) is 23.3 Å². The molecule has 2 heterocycles.